The van der Waals surface area contributed by atoms with Crippen molar-refractivity contribution in [1.29, 1.82) is 0 Å². The van der Waals surface area contributed by atoms with Gasteiger partial charge in [-0.25, -0.2) is 4.98 Å². The molecule has 1 amide bonds. The zero-order chi connectivity index (χ0) is 12.5. The van der Waals surface area contributed by atoms with Gasteiger partial charge in [0.2, 0.25) is 0 Å². The first kappa shape index (κ1) is 11.6. The molecule has 3 N–H and O–H groups in total. The van der Waals surface area contributed by atoms with Crippen LogP contribution in [0.25, 0.3) is 10.2 Å². The van der Waals surface area contributed by atoms with Crippen molar-refractivity contribution in [3.05, 3.63) is 29.3 Å². The fourth-order valence-corrected chi connectivity index (χ4v) is 2.83. The van der Waals surface area contributed by atoms with Crippen LogP contribution in [-0.4, -0.2) is 23.5 Å². The Kier molecular flexibility index (Phi) is 3.01. The normalized spacial score (nSPS) is 16.7. The van der Waals surface area contributed by atoms with E-state index in [1.165, 1.54) is 12.8 Å². The predicted octanol–water partition coefficient (Wildman–Crippen LogP) is 1.76. The van der Waals surface area contributed by atoms with Crippen LogP contribution in [0.4, 0.5) is 0 Å². The Bertz CT molecular complexity index is 576. The highest BCUT2D eigenvalue weighted by Crippen LogP contribution is 2.32. The number of nitrogens with zero attached hydrogens (tertiary/aromatic N) is 1. The summed E-state index contributed by atoms with van der Waals surface area (Å²) in [6.45, 7) is 0.513. The second-order valence-electron chi connectivity index (χ2n) is 4.69. The Morgan fingerprint density at radius 3 is 3.11 bits per heavy atom. The minimum atomic E-state index is -0.0346. The van der Waals surface area contributed by atoms with Gasteiger partial charge < -0.3 is 11.1 Å². The van der Waals surface area contributed by atoms with E-state index < -0.39 is 0 Å². The summed E-state index contributed by atoms with van der Waals surface area (Å²) in [7, 11) is 0. The van der Waals surface area contributed by atoms with Crippen LogP contribution in [-0.2, 0) is 0 Å². The van der Waals surface area contributed by atoms with Crippen molar-refractivity contribution in [1.82, 2.24) is 10.3 Å². The molecular weight excluding hydrogens is 246 g/mol. The Morgan fingerprint density at radius 2 is 2.39 bits per heavy atom. The molecule has 0 spiro atoms. The van der Waals surface area contributed by atoms with Crippen LogP contribution < -0.4 is 11.1 Å². The van der Waals surface area contributed by atoms with E-state index >= 15 is 0 Å². The average molecular weight is 261 g/mol. The third-order valence-corrected chi connectivity index (χ3v) is 4.15. The topological polar surface area (TPSA) is 68.0 Å². The maximum Gasteiger partial charge on any atom is 0.251 e. The monoisotopic (exact) mass is 261 g/mol. The Hall–Kier alpha value is -1.46. The lowest BCUT2D eigenvalue weighted by molar-refractivity contribution is 0.0933. The molecule has 0 bridgehead atoms. The molecule has 1 aliphatic rings. The molecule has 4 nitrogen and oxygen atoms in total. The number of amides is 1. The van der Waals surface area contributed by atoms with Crippen LogP contribution in [0.2, 0.25) is 0 Å². The number of benzene rings is 1. The highest BCUT2D eigenvalue weighted by molar-refractivity contribution is 7.16. The lowest BCUT2D eigenvalue weighted by Gasteiger charge is -2.15. The van der Waals surface area contributed by atoms with Crippen LogP contribution in [0.5, 0.6) is 0 Å². The van der Waals surface area contributed by atoms with Crippen LogP contribution in [0.1, 0.15) is 23.2 Å². The second-order valence-corrected chi connectivity index (χ2v) is 5.57. The number of carbonyl (C=O) groups is 1. The molecule has 1 unspecified atom stereocenters. The lowest BCUT2D eigenvalue weighted by atomic mass is 10.1. The maximum atomic E-state index is 12.1. The van der Waals surface area contributed by atoms with Crippen molar-refractivity contribution in [3.8, 4) is 0 Å². The molecule has 1 saturated carbocycles. The molecule has 0 aliphatic heterocycles. The summed E-state index contributed by atoms with van der Waals surface area (Å²) in [5.41, 5.74) is 9.11. The van der Waals surface area contributed by atoms with Crippen molar-refractivity contribution < 1.29 is 4.79 Å². The molecule has 18 heavy (non-hydrogen) atoms. The van der Waals surface area contributed by atoms with Gasteiger partial charge in [0, 0.05) is 18.2 Å². The summed E-state index contributed by atoms with van der Waals surface area (Å²) in [5, 5.41) is 3.02. The standard InChI is InChI=1S/C13H15N3OS/c14-6-11(8-1-2-8)16-13(17)9-3-4-10-12(5-9)18-7-15-10/h3-5,7-8,11H,1-2,6,14H2,(H,16,17). The number of nitrogens with one attached hydrogen (secondary N) is 1. The Labute approximate surface area is 109 Å². The number of hydrogen-bond acceptors (Lipinski definition) is 4. The zero-order valence-electron chi connectivity index (χ0n) is 9.93. The van der Waals surface area contributed by atoms with Crippen LogP contribution >= 0.6 is 11.3 Å². The van der Waals surface area contributed by atoms with Gasteiger partial charge in [-0.1, -0.05) is 0 Å². The average Bonchev–Trinajstić information content (AvgIpc) is 3.12. The molecule has 5 heteroatoms. The van der Waals surface area contributed by atoms with E-state index in [1.807, 2.05) is 18.2 Å². The van der Waals surface area contributed by atoms with Crippen molar-refractivity contribution in [3.63, 3.8) is 0 Å². The van der Waals surface area contributed by atoms with Gasteiger partial charge in [-0.15, -0.1) is 11.3 Å². The summed E-state index contributed by atoms with van der Waals surface area (Å²) < 4.78 is 1.04. The van der Waals surface area contributed by atoms with E-state index in [0.29, 0.717) is 18.0 Å². The second kappa shape index (κ2) is 4.66. The quantitative estimate of drug-likeness (QED) is 0.881. The van der Waals surface area contributed by atoms with Crippen molar-refractivity contribution in [2.45, 2.75) is 18.9 Å². The van der Waals surface area contributed by atoms with E-state index in [2.05, 4.69) is 10.3 Å². The largest absolute Gasteiger partial charge is 0.348 e. The molecule has 1 aromatic heterocycles. The van der Waals surface area contributed by atoms with Gasteiger partial charge in [0.15, 0.2) is 0 Å². The van der Waals surface area contributed by atoms with Crippen LogP contribution in [0.3, 0.4) is 0 Å². The van der Waals surface area contributed by atoms with E-state index in [-0.39, 0.29) is 11.9 Å². The first-order valence-corrected chi connectivity index (χ1v) is 7.00. The molecule has 1 atom stereocenters. The number of fused-ring (bicyclic) bond motifs is 1. The van der Waals surface area contributed by atoms with Crippen LogP contribution in [0, 0.1) is 5.92 Å². The third kappa shape index (κ3) is 2.23. The molecule has 94 valence electrons. The van der Waals surface area contributed by atoms with E-state index in [4.69, 9.17) is 5.73 Å². The van der Waals surface area contributed by atoms with Gasteiger partial charge in [-0.2, -0.15) is 0 Å². The fourth-order valence-electron chi connectivity index (χ4n) is 2.12. The molecule has 1 aliphatic carbocycles. The number of aromatic nitrogens is 1. The number of hydrogen-bond donors (Lipinski definition) is 2. The molecule has 1 heterocycles. The lowest BCUT2D eigenvalue weighted by Crippen LogP contribution is -2.41. The third-order valence-electron chi connectivity index (χ3n) is 3.35. The molecule has 2 aromatic rings. The SMILES string of the molecule is NCC(NC(=O)c1ccc2ncsc2c1)C1CC1. The predicted molar refractivity (Wildman–Crippen MR) is 72.7 cm³/mol. The number of nitrogens with two attached hydrogens (primary N) is 1. The first-order valence-electron chi connectivity index (χ1n) is 6.12. The minimum Gasteiger partial charge on any atom is -0.348 e. The Balaban J connectivity index is 1.78. The van der Waals surface area contributed by atoms with E-state index in [0.717, 1.165) is 10.2 Å². The number of rotatable bonds is 4. The Morgan fingerprint density at radius 1 is 1.56 bits per heavy atom. The molecule has 3 rings (SSSR count). The highest BCUT2D eigenvalue weighted by Gasteiger charge is 2.31. The zero-order valence-corrected chi connectivity index (χ0v) is 10.7. The number of carbonyl (C=O) groups excluding carboxylic acids is 1. The van der Waals surface area contributed by atoms with Crippen molar-refractivity contribution in [2.24, 2.45) is 11.7 Å². The number of thiazole rings is 1. The van der Waals surface area contributed by atoms with Gasteiger partial charge in [0.25, 0.3) is 5.91 Å². The minimum absolute atomic E-state index is 0.0346. The smallest absolute Gasteiger partial charge is 0.251 e. The van der Waals surface area contributed by atoms with E-state index in [1.54, 1.807) is 16.8 Å². The van der Waals surface area contributed by atoms with Gasteiger partial charge in [-0.3, -0.25) is 4.79 Å². The van der Waals surface area contributed by atoms with Gasteiger partial charge in [-0.05, 0) is 37.0 Å². The summed E-state index contributed by atoms with van der Waals surface area (Å²) in [6, 6.07) is 5.71. The van der Waals surface area contributed by atoms with Gasteiger partial charge in [0.05, 0.1) is 15.7 Å². The molecule has 1 fully saturated rings. The first-order chi connectivity index (χ1) is 8.78. The summed E-state index contributed by atoms with van der Waals surface area (Å²) in [6.07, 6.45) is 2.35. The van der Waals surface area contributed by atoms with Crippen molar-refractivity contribution >= 4 is 27.5 Å². The van der Waals surface area contributed by atoms with Crippen LogP contribution in [0.15, 0.2) is 23.7 Å². The summed E-state index contributed by atoms with van der Waals surface area (Å²) in [5.74, 6) is 0.540. The summed E-state index contributed by atoms with van der Waals surface area (Å²) >= 11 is 1.55. The molecule has 0 saturated heterocycles. The van der Waals surface area contributed by atoms with E-state index in [9.17, 15) is 4.79 Å². The fraction of sp³-hybridized carbons (Fsp3) is 0.385. The summed E-state index contributed by atoms with van der Waals surface area (Å²) in [4.78, 5) is 16.3. The molecule has 0 radical (unpaired) electrons. The highest BCUT2D eigenvalue weighted by atomic mass is 32.1. The molecular formula is C13H15N3OS. The maximum absolute atomic E-state index is 12.1. The molecule has 1 aromatic carbocycles. The van der Waals surface area contributed by atoms with Gasteiger partial charge >= 0.3 is 0 Å². The van der Waals surface area contributed by atoms with Crippen molar-refractivity contribution in [2.75, 3.05) is 6.54 Å². The van der Waals surface area contributed by atoms with Gasteiger partial charge in [0.1, 0.15) is 0 Å².